The van der Waals surface area contributed by atoms with Gasteiger partial charge in [-0.3, -0.25) is 9.78 Å². The fraction of sp³-hybridized carbons (Fsp3) is 0.222. The van der Waals surface area contributed by atoms with E-state index in [9.17, 15) is 4.79 Å². The van der Waals surface area contributed by atoms with E-state index in [1.807, 2.05) is 50.2 Å². The predicted molar refractivity (Wildman–Crippen MR) is 85.6 cm³/mol. The number of carbonyl (C=O) groups is 1. The number of nitrogens with zero attached hydrogens (tertiary/aromatic N) is 2. The summed E-state index contributed by atoms with van der Waals surface area (Å²) >= 11 is 0. The molecule has 0 spiro atoms. The van der Waals surface area contributed by atoms with Gasteiger partial charge in [-0.25, -0.2) is 0 Å². The van der Waals surface area contributed by atoms with Crippen LogP contribution in [0.25, 0.3) is 11.0 Å². The molecule has 0 atom stereocenters. The lowest BCUT2D eigenvalue weighted by molar-refractivity contribution is 0.0722. The Morgan fingerprint density at radius 2 is 1.91 bits per heavy atom. The molecule has 2 heterocycles. The van der Waals surface area contributed by atoms with Crippen LogP contribution in [0.4, 0.5) is 0 Å². The molecule has 1 aromatic carbocycles. The highest BCUT2D eigenvalue weighted by atomic mass is 16.3. The second-order valence-electron chi connectivity index (χ2n) is 5.23. The molecule has 0 saturated carbocycles. The Labute approximate surface area is 129 Å². The zero-order valence-electron chi connectivity index (χ0n) is 12.7. The highest BCUT2D eigenvalue weighted by molar-refractivity contribution is 5.98. The third-order valence-corrected chi connectivity index (χ3v) is 3.83. The SMILES string of the molecule is CCN(Cc1ccncc1)C(=O)c1oc2ccccc2c1C. The summed E-state index contributed by atoms with van der Waals surface area (Å²) in [5.74, 6) is 0.352. The first kappa shape index (κ1) is 14.3. The van der Waals surface area contributed by atoms with Gasteiger partial charge in [0.1, 0.15) is 5.58 Å². The molecule has 4 heteroatoms. The molecule has 0 aliphatic rings. The van der Waals surface area contributed by atoms with Crippen LogP contribution in [0.2, 0.25) is 0 Å². The first-order valence-corrected chi connectivity index (χ1v) is 7.37. The fourth-order valence-electron chi connectivity index (χ4n) is 2.56. The maximum Gasteiger partial charge on any atom is 0.290 e. The summed E-state index contributed by atoms with van der Waals surface area (Å²) in [6.07, 6.45) is 3.47. The van der Waals surface area contributed by atoms with Crippen LogP contribution < -0.4 is 0 Å². The van der Waals surface area contributed by atoms with Gasteiger partial charge in [-0.15, -0.1) is 0 Å². The predicted octanol–water partition coefficient (Wildman–Crippen LogP) is 3.80. The molecule has 3 aromatic rings. The number of para-hydroxylation sites is 1. The molecule has 112 valence electrons. The minimum atomic E-state index is -0.0759. The third-order valence-electron chi connectivity index (χ3n) is 3.83. The molecule has 0 radical (unpaired) electrons. The maximum absolute atomic E-state index is 12.8. The smallest absolute Gasteiger partial charge is 0.290 e. The summed E-state index contributed by atoms with van der Waals surface area (Å²) in [6.45, 7) is 5.07. The molecule has 1 amide bonds. The zero-order valence-corrected chi connectivity index (χ0v) is 12.7. The number of aromatic nitrogens is 1. The average Bonchev–Trinajstić information content (AvgIpc) is 2.90. The van der Waals surface area contributed by atoms with Gasteiger partial charge in [-0.05, 0) is 37.6 Å². The zero-order chi connectivity index (χ0) is 15.5. The molecular formula is C18H18N2O2. The van der Waals surface area contributed by atoms with E-state index in [2.05, 4.69) is 4.98 Å². The minimum absolute atomic E-state index is 0.0759. The molecule has 0 aliphatic heterocycles. The van der Waals surface area contributed by atoms with Gasteiger partial charge >= 0.3 is 0 Å². The van der Waals surface area contributed by atoms with Crippen LogP contribution in [0, 0.1) is 6.92 Å². The van der Waals surface area contributed by atoms with E-state index in [1.165, 1.54) is 0 Å². The lowest BCUT2D eigenvalue weighted by atomic mass is 10.1. The second-order valence-corrected chi connectivity index (χ2v) is 5.23. The maximum atomic E-state index is 12.8. The molecule has 0 bridgehead atoms. The number of benzene rings is 1. The van der Waals surface area contributed by atoms with Crippen molar-refractivity contribution in [2.75, 3.05) is 6.54 Å². The summed E-state index contributed by atoms with van der Waals surface area (Å²) in [4.78, 5) is 18.6. The monoisotopic (exact) mass is 294 g/mol. The van der Waals surface area contributed by atoms with Crippen molar-refractivity contribution in [3.63, 3.8) is 0 Å². The van der Waals surface area contributed by atoms with E-state index < -0.39 is 0 Å². The van der Waals surface area contributed by atoms with Gasteiger partial charge in [0, 0.05) is 36.4 Å². The number of aryl methyl sites for hydroxylation is 1. The molecule has 3 rings (SSSR count). The van der Waals surface area contributed by atoms with Crippen LogP contribution in [-0.4, -0.2) is 22.3 Å². The first-order chi connectivity index (χ1) is 10.7. The quantitative estimate of drug-likeness (QED) is 0.735. The molecule has 0 aliphatic carbocycles. The van der Waals surface area contributed by atoms with Gasteiger partial charge < -0.3 is 9.32 Å². The Morgan fingerprint density at radius 1 is 1.18 bits per heavy atom. The molecule has 2 aromatic heterocycles. The largest absolute Gasteiger partial charge is 0.451 e. The number of furan rings is 1. The van der Waals surface area contributed by atoms with E-state index in [-0.39, 0.29) is 5.91 Å². The van der Waals surface area contributed by atoms with Crippen molar-refractivity contribution < 1.29 is 9.21 Å². The number of amides is 1. The number of pyridine rings is 1. The first-order valence-electron chi connectivity index (χ1n) is 7.37. The third kappa shape index (κ3) is 2.60. The lowest BCUT2D eigenvalue weighted by Crippen LogP contribution is -2.30. The normalized spacial score (nSPS) is 10.8. The number of hydrogen-bond donors (Lipinski definition) is 0. The number of hydrogen-bond acceptors (Lipinski definition) is 3. The van der Waals surface area contributed by atoms with Gasteiger partial charge in [0.15, 0.2) is 5.76 Å². The van der Waals surface area contributed by atoms with Crippen molar-refractivity contribution in [3.05, 3.63) is 65.7 Å². The summed E-state index contributed by atoms with van der Waals surface area (Å²) in [5, 5.41) is 0.991. The van der Waals surface area contributed by atoms with Crippen molar-refractivity contribution in [1.29, 1.82) is 0 Å². The van der Waals surface area contributed by atoms with Crippen molar-refractivity contribution >= 4 is 16.9 Å². The van der Waals surface area contributed by atoms with Crippen LogP contribution >= 0.6 is 0 Å². The van der Waals surface area contributed by atoms with Crippen LogP contribution in [0.3, 0.4) is 0 Å². The lowest BCUT2D eigenvalue weighted by Gasteiger charge is -2.20. The highest BCUT2D eigenvalue weighted by Crippen LogP contribution is 2.26. The molecule has 0 N–H and O–H groups in total. The molecular weight excluding hydrogens is 276 g/mol. The number of rotatable bonds is 4. The van der Waals surface area contributed by atoms with Gasteiger partial charge in [-0.1, -0.05) is 18.2 Å². The van der Waals surface area contributed by atoms with Gasteiger partial charge in [-0.2, -0.15) is 0 Å². The standard InChI is InChI=1S/C18H18N2O2/c1-3-20(12-14-8-10-19-11-9-14)18(21)17-13(2)15-6-4-5-7-16(15)22-17/h4-11H,3,12H2,1-2H3. The van der Waals surface area contributed by atoms with E-state index in [1.54, 1.807) is 17.3 Å². The molecule has 4 nitrogen and oxygen atoms in total. The summed E-state index contributed by atoms with van der Waals surface area (Å²) in [7, 11) is 0. The number of carbonyl (C=O) groups excluding carboxylic acids is 1. The van der Waals surface area contributed by atoms with Crippen molar-refractivity contribution in [2.45, 2.75) is 20.4 Å². The van der Waals surface area contributed by atoms with E-state index in [0.717, 1.165) is 22.1 Å². The molecule has 0 saturated heterocycles. The topological polar surface area (TPSA) is 46.3 Å². The average molecular weight is 294 g/mol. The second kappa shape index (κ2) is 6.02. The van der Waals surface area contributed by atoms with Crippen LogP contribution in [0.15, 0.2) is 53.2 Å². The van der Waals surface area contributed by atoms with Gasteiger partial charge in [0.25, 0.3) is 5.91 Å². The minimum Gasteiger partial charge on any atom is -0.451 e. The van der Waals surface area contributed by atoms with Crippen molar-refractivity contribution in [2.24, 2.45) is 0 Å². The van der Waals surface area contributed by atoms with E-state index >= 15 is 0 Å². The van der Waals surface area contributed by atoms with Crippen LogP contribution in [-0.2, 0) is 6.54 Å². The summed E-state index contributed by atoms with van der Waals surface area (Å²) in [6, 6.07) is 11.6. The Balaban J connectivity index is 1.91. The van der Waals surface area contributed by atoms with Crippen LogP contribution in [0.1, 0.15) is 28.6 Å². The van der Waals surface area contributed by atoms with E-state index in [4.69, 9.17) is 4.42 Å². The van der Waals surface area contributed by atoms with Gasteiger partial charge in [0.2, 0.25) is 0 Å². The van der Waals surface area contributed by atoms with Crippen LogP contribution in [0.5, 0.6) is 0 Å². The number of fused-ring (bicyclic) bond motifs is 1. The highest BCUT2D eigenvalue weighted by Gasteiger charge is 2.22. The van der Waals surface area contributed by atoms with Crippen molar-refractivity contribution in [3.8, 4) is 0 Å². The summed E-state index contributed by atoms with van der Waals surface area (Å²) < 4.78 is 5.78. The molecule has 0 fully saturated rings. The Morgan fingerprint density at radius 3 is 2.59 bits per heavy atom. The molecule has 22 heavy (non-hydrogen) atoms. The fourth-order valence-corrected chi connectivity index (χ4v) is 2.56. The summed E-state index contributed by atoms with van der Waals surface area (Å²) in [5.41, 5.74) is 2.70. The molecule has 0 unspecified atom stereocenters. The Hall–Kier alpha value is -2.62. The Kier molecular flexibility index (Phi) is 3.92. The van der Waals surface area contributed by atoms with Crippen molar-refractivity contribution in [1.82, 2.24) is 9.88 Å². The Bertz CT molecular complexity index is 793. The van der Waals surface area contributed by atoms with E-state index in [0.29, 0.717) is 18.8 Å². The van der Waals surface area contributed by atoms with Gasteiger partial charge in [0.05, 0.1) is 0 Å².